The van der Waals surface area contributed by atoms with Gasteiger partial charge >= 0.3 is 0 Å². The fourth-order valence-corrected chi connectivity index (χ4v) is 2.76. The van der Waals surface area contributed by atoms with E-state index in [2.05, 4.69) is 16.6 Å². The van der Waals surface area contributed by atoms with Crippen molar-refractivity contribution in [1.29, 1.82) is 0 Å². The van der Waals surface area contributed by atoms with Crippen LogP contribution in [0, 0.1) is 18.8 Å². The Morgan fingerprint density at radius 2 is 1.85 bits per heavy atom. The molecule has 0 saturated heterocycles. The maximum Gasteiger partial charge on any atom is 0.252 e. The molecule has 2 aromatic carbocycles. The summed E-state index contributed by atoms with van der Waals surface area (Å²) in [6.45, 7) is 1.91. The van der Waals surface area contributed by atoms with E-state index in [4.69, 9.17) is 10.5 Å². The van der Waals surface area contributed by atoms with Crippen molar-refractivity contribution in [3.8, 4) is 17.6 Å². The first-order valence-corrected chi connectivity index (χ1v) is 9.64. The number of hydrogen-bond donors (Lipinski definition) is 2. The molecule has 0 aromatic heterocycles. The Morgan fingerprint density at radius 3 is 2.56 bits per heavy atom. The van der Waals surface area contributed by atoms with E-state index in [-0.39, 0.29) is 18.7 Å². The van der Waals surface area contributed by atoms with Crippen molar-refractivity contribution in [3.63, 3.8) is 0 Å². The predicted molar refractivity (Wildman–Crippen MR) is 105 cm³/mol. The smallest absolute Gasteiger partial charge is 0.252 e. The highest BCUT2D eigenvalue weighted by Gasteiger charge is 2.07. The molecule has 3 N–H and O–H groups in total. The average Bonchev–Trinajstić information content (AvgIpc) is 2.64. The first-order chi connectivity index (χ1) is 12.9. The third-order valence-corrected chi connectivity index (χ3v) is 4.50. The third-order valence-electron chi connectivity index (χ3n) is 3.46. The highest BCUT2D eigenvalue weighted by molar-refractivity contribution is 7.92. The van der Waals surface area contributed by atoms with Crippen LogP contribution >= 0.6 is 0 Å². The molecule has 0 spiro atoms. The number of benzene rings is 2. The molecule has 2 aromatic rings. The number of hydrogen-bond acceptors (Lipinski definition) is 4. The van der Waals surface area contributed by atoms with Crippen molar-refractivity contribution in [1.82, 2.24) is 4.72 Å². The van der Waals surface area contributed by atoms with Crippen molar-refractivity contribution < 1.29 is 17.9 Å². The summed E-state index contributed by atoms with van der Waals surface area (Å²) in [5.74, 6) is 5.07. The van der Waals surface area contributed by atoms with Gasteiger partial charge in [0.1, 0.15) is 12.4 Å². The van der Waals surface area contributed by atoms with Crippen LogP contribution in [0.25, 0.3) is 6.08 Å². The second-order valence-corrected chi connectivity index (χ2v) is 7.23. The lowest BCUT2D eigenvalue weighted by Gasteiger charge is -2.05. The lowest BCUT2D eigenvalue weighted by molar-refractivity contribution is 0.0997. The summed E-state index contributed by atoms with van der Waals surface area (Å²) in [5, 5.41) is 1.10. The van der Waals surface area contributed by atoms with Crippen molar-refractivity contribution in [2.24, 2.45) is 5.73 Å². The molecule has 0 aliphatic rings. The van der Waals surface area contributed by atoms with Gasteiger partial charge < -0.3 is 10.5 Å². The molecule has 1 amide bonds. The number of amides is 1. The molecule has 0 saturated carbocycles. The number of ether oxygens (including phenoxy) is 1. The fraction of sp³-hybridized carbons (Fsp3) is 0.150. The molecular formula is C20H20N2O4S. The molecule has 0 unspecified atom stereocenters. The van der Waals surface area contributed by atoms with E-state index in [1.807, 2.05) is 31.2 Å². The van der Waals surface area contributed by atoms with Crippen LogP contribution in [-0.2, 0) is 10.0 Å². The van der Waals surface area contributed by atoms with Gasteiger partial charge in [-0.05, 0) is 30.7 Å². The Hall–Kier alpha value is -3.08. The van der Waals surface area contributed by atoms with Gasteiger partial charge in [0.2, 0.25) is 10.0 Å². The molecule has 0 fully saturated rings. The zero-order valence-electron chi connectivity index (χ0n) is 14.8. The Balaban J connectivity index is 1.82. The number of nitrogens with one attached hydrogen (secondary N) is 1. The second kappa shape index (κ2) is 9.57. The van der Waals surface area contributed by atoms with Crippen LogP contribution in [0.2, 0.25) is 0 Å². The summed E-state index contributed by atoms with van der Waals surface area (Å²) in [5.41, 5.74) is 7.41. The van der Waals surface area contributed by atoms with Crippen LogP contribution in [0.15, 0.2) is 53.9 Å². The van der Waals surface area contributed by atoms with Crippen LogP contribution in [0.4, 0.5) is 0 Å². The van der Waals surface area contributed by atoms with Gasteiger partial charge in [-0.2, -0.15) is 4.72 Å². The molecule has 0 heterocycles. The molecule has 6 nitrogen and oxygen atoms in total. The molecule has 27 heavy (non-hydrogen) atoms. The summed E-state index contributed by atoms with van der Waals surface area (Å²) in [7, 11) is -3.58. The zero-order chi connectivity index (χ0) is 19.7. The Bertz CT molecular complexity index is 985. The molecule has 0 aliphatic carbocycles. The minimum Gasteiger partial charge on any atom is -0.480 e. The van der Waals surface area contributed by atoms with Gasteiger partial charge in [-0.15, -0.1) is 0 Å². The van der Waals surface area contributed by atoms with Crippen molar-refractivity contribution in [3.05, 3.63) is 70.6 Å². The van der Waals surface area contributed by atoms with Crippen molar-refractivity contribution in [2.75, 3.05) is 13.2 Å². The number of carbonyl (C=O) groups is 1. The molecule has 0 radical (unpaired) electrons. The number of primary amides is 1. The van der Waals surface area contributed by atoms with Crippen LogP contribution in [0.3, 0.4) is 0 Å². The maximum atomic E-state index is 11.9. The third kappa shape index (κ3) is 6.98. The zero-order valence-corrected chi connectivity index (χ0v) is 15.6. The normalized spacial score (nSPS) is 11.0. The second-order valence-electron chi connectivity index (χ2n) is 5.58. The van der Waals surface area contributed by atoms with E-state index in [1.165, 1.54) is 6.08 Å². The number of aryl methyl sites for hydroxylation is 1. The number of carbonyl (C=O) groups excluding carboxylic acids is 1. The minimum atomic E-state index is -3.58. The first kappa shape index (κ1) is 20.2. The molecule has 7 heteroatoms. The van der Waals surface area contributed by atoms with Crippen LogP contribution in [-0.4, -0.2) is 27.5 Å². The monoisotopic (exact) mass is 384 g/mol. The molecule has 2 rings (SSSR count). The fourth-order valence-electron chi connectivity index (χ4n) is 2.05. The van der Waals surface area contributed by atoms with E-state index in [0.717, 1.165) is 16.5 Å². The minimum absolute atomic E-state index is 0.00519. The van der Waals surface area contributed by atoms with Crippen molar-refractivity contribution >= 4 is 22.0 Å². The van der Waals surface area contributed by atoms with Gasteiger partial charge in [0.15, 0.2) is 0 Å². The van der Waals surface area contributed by atoms with Gasteiger partial charge in [0.25, 0.3) is 5.91 Å². The Kier molecular flexibility index (Phi) is 7.17. The Labute approximate surface area is 159 Å². The predicted octanol–water partition coefficient (Wildman–Crippen LogP) is 2.07. The molecule has 0 aliphatic heterocycles. The first-order valence-electron chi connectivity index (χ1n) is 8.09. The molecule has 0 bridgehead atoms. The lowest BCUT2D eigenvalue weighted by Crippen LogP contribution is -2.21. The van der Waals surface area contributed by atoms with Gasteiger partial charge in [-0.1, -0.05) is 53.8 Å². The van der Waals surface area contributed by atoms with E-state index in [1.54, 1.807) is 24.3 Å². The lowest BCUT2D eigenvalue weighted by atomic mass is 10.2. The summed E-state index contributed by atoms with van der Waals surface area (Å²) >= 11 is 0. The topological polar surface area (TPSA) is 98.5 Å². The molecule has 140 valence electrons. The quantitative estimate of drug-likeness (QED) is 0.714. The summed E-state index contributed by atoms with van der Waals surface area (Å²) < 4.78 is 31.5. The Morgan fingerprint density at radius 1 is 1.15 bits per heavy atom. The van der Waals surface area contributed by atoms with Crippen LogP contribution in [0.1, 0.15) is 21.5 Å². The number of para-hydroxylation sites is 1. The van der Waals surface area contributed by atoms with E-state index in [9.17, 15) is 13.2 Å². The van der Waals surface area contributed by atoms with Gasteiger partial charge in [0, 0.05) is 5.41 Å². The standard InChI is InChI=1S/C20H20N2O4S/c1-16-8-10-17(11-9-16)12-15-27(24,25)22-13-4-5-14-26-19-7-3-2-6-18(19)20(21)23/h2-3,6-12,15,22H,13-14H2,1H3,(H2,21,23)/b15-12+. The highest BCUT2D eigenvalue weighted by atomic mass is 32.2. The number of sulfonamides is 1. The van der Waals surface area contributed by atoms with E-state index < -0.39 is 15.9 Å². The molecule has 0 atom stereocenters. The maximum absolute atomic E-state index is 11.9. The summed E-state index contributed by atoms with van der Waals surface area (Å²) in [6.07, 6.45) is 1.51. The van der Waals surface area contributed by atoms with Crippen LogP contribution in [0.5, 0.6) is 5.75 Å². The largest absolute Gasteiger partial charge is 0.480 e. The summed E-state index contributed by atoms with van der Waals surface area (Å²) in [6, 6.07) is 14.0. The van der Waals surface area contributed by atoms with Gasteiger partial charge in [-0.25, -0.2) is 8.42 Å². The van der Waals surface area contributed by atoms with E-state index >= 15 is 0 Å². The van der Waals surface area contributed by atoms with Gasteiger partial charge in [-0.3, -0.25) is 4.79 Å². The summed E-state index contributed by atoms with van der Waals surface area (Å²) in [4.78, 5) is 11.3. The van der Waals surface area contributed by atoms with E-state index in [0.29, 0.717) is 5.75 Å². The molecular weight excluding hydrogens is 364 g/mol. The number of rotatable bonds is 7. The van der Waals surface area contributed by atoms with Gasteiger partial charge in [0.05, 0.1) is 12.1 Å². The van der Waals surface area contributed by atoms with Crippen LogP contribution < -0.4 is 15.2 Å². The SMILES string of the molecule is Cc1ccc(/C=C/S(=O)(=O)NCC#CCOc2ccccc2C(N)=O)cc1. The highest BCUT2D eigenvalue weighted by Crippen LogP contribution is 2.16. The number of nitrogens with two attached hydrogens (primary N) is 1. The average molecular weight is 384 g/mol. The van der Waals surface area contributed by atoms with Crippen molar-refractivity contribution in [2.45, 2.75) is 6.92 Å².